The Labute approximate surface area is 116 Å². The minimum atomic E-state index is -0.477. The minimum Gasteiger partial charge on any atom is -0.322 e. The Morgan fingerprint density at radius 1 is 1.05 bits per heavy atom. The normalized spacial score (nSPS) is 10.1. The zero-order valence-corrected chi connectivity index (χ0v) is 11.2. The number of rotatable bonds is 3. The Kier molecular flexibility index (Phi) is 3.79. The number of nitro benzene ring substituents is 1. The Balaban J connectivity index is 2.16. The van der Waals surface area contributed by atoms with Crippen molar-refractivity contribution >= 4 is 17.3 Å². The number of nitro groups is 1. The molecule has 2 aromatic rings. The van der Waals surface area contributed by atoms with Crippen LogP contribution < -0.4 is 5.32 Å². The van der Waals surface area contributed by atoms with Gasteiger partial charge in [0.25, 0.3) is 11.6 Å². The first-order chi connectivity index (χ1) is 9.45. The second-order valence-corrected chi connectivity index (χ2v) is 4.63. The Hall–Kier alpha value is -2.69. The van der Waals surface area contributed by atoms with E-state index in [2.05, 4.69) is 5.32 Å². The smallest absolute Gasteiger partial charge is 0.269 e. The summed E-state index contributed by atoms with van der Waals surface area (Å²) in [5, 5.41) is 13.3. The van der Waals surface area contributed by atoms with E-state index in [9.17, 15) is 14.9 Å². The number of non-ortho nitro benzene ring substituents is 1. The quantitative estimate of drug-likeness (QED) is 0.685. The van der Waals surface area contributed by atoms with Crippen LogP contribution >= 0.6 is 0 Å². The largest absolute Gasteiger partial charge is 0.322 e. The van der Waals surface area contributed by atoms with Gasteiger partial charge in [-0.25, -0.2) is 0 Å². The van der Waals surface area contributed by atoms with Gasteiger partial charge in [0.2, 0.25) is 0 Å². The number of anilines is 1. The number of amides is 1. The summed E-state index contributed by atoms with van der Waals surface area (Å²) in [4.78, 5) is 22.2. The van der Waals surface area contributed by atoms with Crippen LogP contribution in [0.5, 0.6) is 0 Å². The van der Waals surface area contributed by atoms with Gasteiger partial charge in [-0.1, -0.05) is 17.2 Å². The Bertz CT molecular complexity index is 643. The molecule has 0 saturated carbocycles. The van der Waals surface area contributed by atoms with Gasteiger partial charge in [0.1, 0.15) is 0 Å². The summed E-state index contributed by atoms with van der Waals surface area (Å²) in [6.07, 6.45) is 0. The molecule has 0 aliphatic heterocycles. The van der Waals surface area contributed by atoms with Crippen LogP contribution in [0.3, 0.4) is 0 Å². The SMILES string of the molecule is Cc1cc(C)cc(C(=O)Nc2ccc([N+](=O)[O-])cc2)c1. The molecule has 0 spiro atoms. The zero-order chi connectivity index (χ0) is 14.7. The van der Waals surface area contributed by atoms with Gasteiger partial charge in [-0.15, -0.1) is 0 Å². The van der Waals surface area contributed by atoms with Crippen molar-refractivity contribution in [3.05, 3.63) is 69.3 Å². The van der Waals surface area contributed by atoms with Gasteiger partial charge in [0.15, 0.2) is 0 Å². The summed E-state index contributed by atoms with van der Waals surface area (Å²) in [6.45, 7) is 3.85. The molecule has 0 fully saturated rings. The van der Waals surface area contributed by atoms with Crippen LogP contribution in [0.2, 0.25) is 0 Å². The zero-order valence-electron chi connectivity index (χ0n) is 11.2. The third kappa shape index (κ3) is 3.20. The first-order valence-electron chi connectivity index (χ1n) is 6.10. The number of carbonyl (C=O) groups is 1. The number of nitrogens with one attached hydrogen (secondary N) is 1. The summed E-state index contributed by atoms with van der Waals surface area (Å²) < 4.78 is 0. The molecule has 2 aromatic carbocycles. The lowest BCUT2D eigenvalue weighted by atomic mass is 10.1. The topological polar surface area (TPSA) is 72.2 Å². The monoisotopic (exact) mass is 270 g/mol. The molecule has 0 unspecified atom stereocenters. The maximum Gasteiger partial charge on any atom is 0.269 e. The van der Waals surface area contributed by atoms with Crippen molar-refractivity contribution in [3.63, 3.8) is 0 Å². The first kappa shape index (κ1) is 13.7. The molecule has 0 atom stereocenters. The van der Waals surface area contributed by atoms with E-state index in [-0.39, 0.29) is 11.6 Å². The fourth-order valence-corrected chi connectivity index (χ4v) is 1.98. The molecule has 0 aliphatic rings. The van der Waals surface area contributed by atoms with Crippen molar-refractivity contribution in [1.29, 1.82) is 0 Å². The molecule has 0 bridgehead atoms. The molecular weight excluding hydrogens is 256 g/mol. The van der Waals surface area contributed by atoms with E-state index in [4.69, 9.17) is 0 Å². The second kappa shape index (κ2) is 5.52. The van der Waals surface area contributed by atoms with E-state index < -0.39 is 4.92 Å². The van der Waals surface area contributed by atoms with Crippen LogP contribution in [0.15, 0.2) is 42.5 Å². The molecule has 0 saturated heterocycles. The third-order valence-electron chi connectivity index (χ3n) is 2.82. The predicted molar refractivity (Wildman–Crippen MR) is 77.0 cm³/mol. The second-order valence-electron chi connectivity index (χ2n) is 4.63. The highest BCUT2D eigenvalue weighted by molar-refractivity contribution is 6.04. The van der Waals surface area contributed by atoms with Crippen LogP contribution in [0.4, 0.5) is 11.4 Å². The van der Waals surface area contributed by atoms with Crippen molar-refractivity contribution in [1.82, 2.24) is 0 Å². The number of benzene rings is 2. The summed E-state index contributed by atoms with van der Waals surface area (Å²) in [6, 6.07) is 11.3. The van der Waals surface area contributed by atoms with Crippen LogP contribution in [0, 0.1) is 24.0 Å². The molecule has 20 heavy (non-hydrogen) atoms. The summed E-state index contributed by atoms with van der Waals surface area (Å²) in [7, 11) is 0. The molecule has 102 valence electrons. The van der Waals surface area contributed by atoms with Gasteiger partial charge >= 0.3 is 0 Å². The molecule has 1 N–H and O–H groups in total. The molecule has 0 radical (unpaired) electrons. The Morgan fingerprint density at radius 3 is 2.10 bits per heavy atom. The molecule has 0 aliphatic carbocycles. The van der Waals surface area contributed by atoms with Gasteiger partial charge in [-0.3, -0.25) is 14.9 Å². The molecular formula is C15H14N2O3. The van der Waals surface area contributed by atoms with Crippen LogP contribution in [-0.2, 0) is 0 Å². The van der Waals surface area contributed by atoms with Crippen LogP contribution in [-0.4, -0.2) is 10.8 Å². The van der Waals surface area contributed by atoms with Crippen molar-refractivity contribution in [2.24, 2.45) is 0 Å². The lowest BCUT2D eigenvalue weighted by molar-refractivity contribution is -0.384. The fourth-order valence-electron chi connectivity index (χ4n) is 1.98. The first-order valence-corrected chi connectivity index (χ1v) is 6.10. The van der Waals surface area contributed by atoms with Gasteiger partial charge in [-0.2, -0.15) is 0 Å². The van der Waals surface area contributed by atoms with Gasteiger partial charge in [0, 0.05) is 23.4 Å². The van der Waals surface area contributed by atoms with Crippen LogP contribution in [0.25, 0.3) is 0 Å². The Morgan fingerprint density at radius 2 is 1.60 bits per heavy atom. The maximum absolute atomic E-state index is 12.1. The predicted octanol–water partition coefficient (Wildman–Crippen LogP) is 3.46. The van der Waals surface area contributed by atoms with Crippen LogP contribution in [0.1, 0.15) is 21.5 Å². The van der Waals surface area contributed by atoms with Crippen molar-refractivity contribution in [2.45, 2.75) is 13.8 Å². The van der Waals surface area contributed by atoms with E-state index in [1.54, 1.807) is 12.1 Å². The van der Waals surface area contributed by atoms with Crippen molar-refractivity contribution in [2.75, 3.05) is 5.32 Å². The van der Waals surface area contributed by atoms with Crippen molar-refractivity contribution < 1.29 is 9.72 Å². The molecule has 1 amide bonds. The van der Waals surface area contributed by atoms with Gasteiger partial charge < -0.3 is 5.32 Å². The summed E-state index contributed by atoms with van der Waals surface area (Å²) >= 11 is 0. The highest BCUT2D eigenvalue weighted by Gasteiger charge is 2.09. The minimum absolute atomic E-state index is 0.00519. The van der Waals surface area contributed by atoms with Gasteiger partial charge in [0.05, 0.1) is 4.92 Å². The highest BCUT2D eigenvalue weighted by atomic mass is 16.6. The highest BCUT2D eigenvalue weighted by Crippen LogP contribution is 2.17. The number of carbonyl (C=O) groups excluding carboxylic acids is 1. The van der Waals surface area contributed by atoms with E-state index >= 15 is 0 Å². The fraction of sp³-hybridized carbons (Fsp3) is 0.133. The van der Waals surface area contributed by atoms with E-state index in [0.717, 1.165) is 11.1 Å². The van der Waals surface area contributed by atoms with E-state index in [1.807, 2.05) is 19.9 Å². The average molecular weight is 270 g/mol. The molecule has 5 heteroatoms. The maximum atomic E-state index is 12.1. The standard InChI is InChI=1S/C15H14N2O3/c1-10-7-11(2)9-12(8-10)15(18)16-13-3-5-14(6-4-13)17(19)20/h3-9H,1-2H3,(H,16,18). The molecule has 2 rings (SSSR count). The number of hydrogen-bond donors (Lipinski definition) is 1. The van der Waals surface area contributed by atoms with Gasteiger partial charge in [-0.05, 0) is 38.1 Å². The average Bonchev–Trinajstić information content (AvgIpc) is 2.38. The van der Waals surface area contributed by atoms with Crippen molar-refractivity contribution in [3.8, 4) is 0 Å². The van der Waals surface area contributed by atoms with E-state index in [1.165, 1.54) is 24.3 Å². The molecule has 0 aromatic heterocycles. The molecule has 0 heterocycles. The third-order valence-corrected chi connectivity index (χ3v) is 2.82. The lowest BCUT2D eigenvalue weighted by Crippen LogP contribution is -2.12. The summed E-state index contributed by atoms with van der Waals surface area (Å²) in [5.41, 5.74) is 3.12. The summed E-state index contributed by atoms with van der Waals surface area (Å²) in [5.74, 6) is -0.231. The lowest BCUT2D eigenvalue weighted by Gasteiger charge is -2.07. The number of hydrogen-bond acceptors (Lipinski definition) is 3. The molecule has 5 nitrogen and oxygen atoms in total. The number of nitrogens with zero attached hydrogens (tertiary/aromatic N) is 1. The number of aryl methyl sites for hydroxylation is 2. The van der Waals surface area contributed by atoms with E-state index in [0.29, 0.717) is 11.3 Å².